The van der Waals surface area contributed by atoms with Crippen LogP contribution in [0.5, 0.6) is 0 Å². The first kappa shape index (κ1) is 17.3. The monoisotopic (exact) mass is 283 g/mol. The second kappa shape index (κ2) is 6.36. The molecule has 118 valence electrons. The van der Waals surface area contributed by atoms with Crippen LogP contribution in [-0.4, -0.2) is 17.2 Å². The predicted molar refractivity (Wildman–Crippen MR) is 83.9 cm³/mol. The third-order valence-electron chi connectivity index (χ3n) is 3.70. The highest BCUT2D eigenvalue weighted by atomic mass is 16.6. The summed E-state index contributed by atoms with van der Waals surface area (Å²) in [6.07, 6.45) is 7.86. The Kier molecular flexibility index (Phi) is 5.51. The van der Waals surface area contributed by atoms with E-state index in [0.717, 1.165) is 19.3 Å². The van der Waals surface area contributed by atoms with Crippen LogP contribution in [0.3, 0.4) is 0 Å². The number of amides is 1. The topological polar surface area (TPSA) is 38.3 Å². The standard InChI is InChI=1S/C17H33NO2/c1-15(2,3)13-17(11-9-7-8-10-12-17)18-14(19)20-16(4,5)6/h7-13H2,1-6H3,(H,18,19). The molecule has 0 aromatic rings. The number of nitrogens with one attached hydrogen (secondary N) is 1. The van der Waals surface area contributed by atoms with E-state index in [4.69, 9.17) is 4.74 Å². The highest BCUT2D eigenvalue weighted by Crippen LogP contribution is 2.37. The summed E-state index contributed by atoms with van der Waals surface area (Å²) in [6.45, 7) is 12.5. The average molecular weight is 283 g/mol. The Bertz CT molecular complexity index is 315. The lowest BCUT2D eigenvalue weighted by molar-refractivity contribution is 0.0406. The van der Waals surface area contributed by atoms with Gasteiger partial charge in [0.1, 0.15) is 5.60 Å². The molecule has 1 amide bonds. The Morgan fingerprint density at radius 3 is 1.90 bits per heavy atom. The first-order valence-electron chi connectivity index (χ1n) is 8.03. The molecule has 0 spiro atoms. The van der Waals surface area contributed by atoms with Gasteiger partial charge in [-0.05, 0) is 45.4 Å². The lowest BCUT2D eigenvalue weighted by atomic mass is 9.75. The summed E-state index contributed by atoms with van der Waals surface area (Å²) in [7, 11) is 0. The van der Waals surface area contributed by atoms with E-state index in [1.54, 1.807) is 0 Å². The molecule has 1 N–H and O–H groups in total. The number of ether oxygens (including phenoxy) is 1. The molecule has 0 saturated heterocycles. The number of hydrogen-bond acceptors (Lipinski definition) is 2. The van der Waals surface area contributed by atoms with E-state index in [0.29, 0.717) is 0 Å². The van der Waals surface area contributed by atoms with Crippen molar-refractivity contribution in [1.29, 1.82) is 0 Å². The number of carbonyl (C=O) groups excluding carboxylic acids is 1. The maximum absolute atomic E-state index is 12.2. The minimum Gasteiger partial charge on any atom is -0.444 e. The van der Waals surface area contributed by atoms with Gasteiger partial charge in [-0.1, -0.05) is 46.5 Å². The van der Waals surface area contributed by atoms with Gasteiger partial charge in [-0.25, -0.2) is 4.79 Å². The Hall–Kier alpha value is -0.730. The Labute approximate surface area is 124 Å². The lowest BCUT2D eigenvalue weighted by Crippen LogP contribution is -2.51. The summed E-state index contributed by atoms with van der Waals surface area (Å²) in [6, 6.07) is 0. The summed E-state index contributed by atoms with van der Waals surface area (Å²) in [5, 5.41) is 3.22. The molecule has 0 unspecified atom stereocenters. The second-order valence-corrected chi connectivity index (χ2v) is 8.56. The van der Waals surface area contributed by atoms with Gasteiger partial charge in [0.05, 0.1) is 0 Å². The van der Waals surface area contributed by atoms with Crippen LogP contribution in [0.15, 0.2) is 0 Å². The number of rotatable bonds is 2. The van der Waals surface area contributed by atoms with Gasteiger partial charge in [0, 0.05) is 5.54 Å². The van der Waals surface area contributed by atoms with Crippen LogP contribution in [0.1, 0.15) is 86.5 Å². The molecule has 1 aliphatic rings. The van der Waals surface area contributed by atoms with Crippen LogP contribution >= 0.6 is 0 Å². The minimum atomic E-state index is -0.433. The summed E-state index contributed by atoms with van der Waals surface area (Å²) in [5.74, 6) is 0. The van der Waals surface area contributed by atoms with Crippen molar-refractivity contribution in [2.75, 3.05) is 0 Å². The van der Waals surface area contributed by atoms with Crippen LogP contribution < -0.4 is 5.32 Å². The molecule has 0 heterocycles. The van der Waals surface area contributed by atoms with Crippen molar-refractivity contribution >= 4 is 6.09 Å². The van der Waals surface area contributed by atoms with Gasteiger partial charge in [-0.3, -0.25) is 0 Å². The fraction of sp³-hybridized carbons (Fsp3) is 0.941. The van der Waals surface area contributed by atoms with Crippen LogP contribution in [-0.2, 0) is 4.74 Å². The van der Waals surface area contributed by atoms with Gasteiger partial charge in [0.15, 0.2) is 0 Å². The molecule has 0 radical (unpaired) electrons. The average Bonchev–Trinajstić information content (AvgIpc) is 2.37. The molecule has 20 heavy (non-hydrogen) atoms. The molecule has 0 aromatic heterocycles. The molecule has 1 rings (SSSR count). The Balaban J connectivity index is 2.79. The molecular weight excluding hydrogens is 250 g/mol. The van der Waals surface area contributed by atoms with E-state index >= 15 is 0 Å². The number of alkyl carbamates (subject to hydrolysis) is 1. The smallest absolute Gasteiger partial charge is 0.408 e. The third-order valence-corrected chi connectivity index (χ3v) is 3.70. The van der Waals surface area contributed by atoms with E-state index in [-0.39, 0.29) is 17.0 Å². The SMILES string of the molecule is CC(C)(C)CC1(NC(=O)OC(C)(C)C)CCCCCC1. The first-order chi connectivity index (χ1) is 9.02. The zero-order valence-electron chi connectivity index (χ0n) is 14.3. The van der Waals surface area contributed by atoms with Gasteiger partial charge in [0.2, 0.25) is 0 Å². The maximum atomic E-state index is 12.2. The maximum Gasteiger partial charge on any atom is 0.408 e. The highest BCUT2D eigenvalue weighted by molar-refractivity contribution is 5.68. The van der Waals surface area contributed by atoms with Crippen LogP contribution in [0, 0.1) is 5.41 Å². The molecule has 3 heteroatoms. The molecule has 0 aliphatic heterocycles. The zero-order valence-corrected chi connectivity index (χ0v) is 14.3. The Morgan fingerprint density at radius 2 is 1.50 bits per heavy atom. The van der Waals surface area contributed by atoms with Gasteiger partial charge < -0.3 is 10.1 Å². The van der Waals surface area contributed by atoms with E-state index in [1.807, 2.05) is 20.8 Å². The Morgan fingerprint density at radius 1 is 1.00 bits per heavy atom. The molecule has 0 bridgehead atoms. The summed E-state index contributed by atoms with van der Waals surface area (Å²) >= 11 is 0. The normalized spacial score (nSPS) is 20.1. The predicted octanol–water partition coefficient (Wildman–Crippen LogP) is 5.04. The lowest BCUT2D eigenvalue weighted by Gasteiger charge is -2.39. The van der Waals surface area contributed by atoms with Gasteiger partial charge >= 0.3 is 6.09 Å². The molecule has 1 fully saturated rings. The van der Waals surface area contributed by atoms with Gasteiger partial charge in [-0.2, -0.15) is 0 Å². The highest BCUT2D eigenvalue weighted by Gasteiger charge is 2.37. The fourth-order valence-electron chi connectivity index (χ4n) is 3.29. The summed E-state index contributed by atoms with van der Waals surface area (Å²) in [5.41, 5.74) is -0.311. The molecule has 0 atom stereocenters. The van der Waals surface area contributed by atoms with Crippen molar-refractivity contribution in [3.63, 3.8) is 0 Å². The van der Waals surface area contributed by atoms with Crippen LogP contribution in [0.25, 0.3) is 0 Å². The number of hydrogen-bond donors (Lipinski definition) is 1. The summed E-state index contributed by atoms with van der Waals surface area (Å²) in [4.78, 5) is 12.2. The minimum absolute atomic E-state index is 0.0862. The van der Waals surface area contributed by atoms with Crippen molar-refractivity contribution in [2.45, 2.75) is 97.6 Å². The zero-order chi connectivity index (χ0) is 15.4. The van der Waals surface area contributed by atoms with Crippen LogP contribution in [0.2, 0.25) is 0 Å². The quantitative estimate of drug-likeness (QED) is 0.721. The van der Waals surface area contributed by atoms with E-state index in [9.17, 15) is 4.79 Å². The molecule has 1 saturated carbocycles. The molecule has 1 aliphatic carbocycles. The molecule has 0 aromatic carbocycles. The molecular formula is C17H33NO2. The fourth-order valence-corrected chi connectivity index (χ4v) is 3.29. The van der Waals surface area contributed by atoms with Gasteiger partial charge in [-0.15, -0.1) is 0 Å². The van der Waals surface area contributed by atoms with Crippen LogP contribution in [0.4, 0.5) is 4.79 Å². The third kappa shape index (κ3) is 6.62. The largest absolute Gasteiger partial charge is 0.444 e. The van der Waals surface area contributed by atoms with Crippen molar-refractivity contribution in [3.05, 3.63) is 0 Å². The molecule has 3 nitrogen and oxygen atoms in total. The van der Waals surface area contributed by atoms with E-state index in [1.165, 1.54) is 25.7 Å². The second-order valence-electron chi connectivity index (χ2n) is 8.56. The first-order valence-corrected chi connectivity index (χ1v) is 8.03. The van der Waals surface area contributed by atoms with Crippen molar-refractivity contribution < 1.29 is 9.53 Å². The van der Waals surface area contributed by atoms with E-state index in [2.05, 4.69) is 26.1 Å². The van der Waals surface area contributed by atoms with Crippen molar-refractivity contribution in [2.24, 2.45) is 5.41 Å². The number of carbonyl (C=O) groups is 1. The van der Waals surface area contributed by atoms with Crippen molar-refractivity contribution in [3.8, 4) is 0 Å². The van der Waals surface area contributed by atoms with Crippen molar-refractivity contribution in [1.82, 2.24) is 5.32 Å². The van der Waals surface area contributed by atoms with Gasteiger partial charge in [0.25, 0.3) is 0 Å². The van der Waals surface area contributed by atoms with E-state index < -0.39 is 5.60 Å². The summed E-state index contributed by atoms with van der Waals surface area (Å²) < 4.78 is 5.47.